The van der Waals surface area contributed by atoms with Crippen LogP contribution in [0.1, 0.15) is 5.69 Å². The molecule has 3 aromatic rings. The van der Waals surface area contributed by atoms with Gasteiger partial charge in [-0.2, -0.15) is 5.26 Å². The van der Waals surface area contributed by atoms with Crippen LogP contribution in [0.3, 0.4) is 0 Å². The van der Waals surface area contributed by atoms with Gasteiger partial charge in [-0.3, -0.25) is 0 Å². The Morgan fingerprint density at radius 3 is 2.42 bits per heavy atom. The van der Waals surface area contributed by atoms with E-state index in [-0.39, 0.29) is 0 Å². The highest BCUT2D eigenvalue weighted by Gasteiger charge is 2.09. The van der Waals surface area contributed by atoms with Crippen LogP contribution in [0.4, 0.5) is 11.4 Å². The van der Waals surface area contributed by atoms with Crippen molar-refractivity contribution in [2.24, 2.45) is 0 Å². The summed E-state index contributed by atoms with van der Waals surface area (Å²) >= 11 is 0. The molecule has 1 N–H and O–H groups in total. The minimum absolute atomic E-state index is 0.294. The molecule has 0 bridgehead atoms. The lowest BCUT2D eigenvalue weighted by Gasteiger charge is -2.09. The third kappa shape index (κ3) is 2.09. The first-order valence-corrected chi connectivity index (χ1v) is 5.86. The summed E-state index contributed by atoms with van der Waals surface area (Å²) in [5.41, 5.74) is 2.67. The predicted molar refractivity (Wildman–Crippen MR) is 74.0 cm³/mol. The maximum absolute atomic E-state index is 9.16. The fraction of sp³-hybridized carbons (Fsp3) is 0. The number of aromatic nitrogens is 2. The normalized spacial score (nSPS) is 10.1. The number of nitriles is 1. The zero-order chi connectivity index (χ0) is 13.1. The van der Waals surface area contributed by atoms with Gasteiger partial charge in [-0.15, -0.1) is 10.2 Å². The van der Waals surface area contributed by atoms with Crippen LogP contribution in [0.25, 0.3) is 10.9 Å². The topological polar surface area (TPSA) is 61.6 Å². The van der Waals surface area contributed by atoms with Gasteiger partial charge in [0.25, 0.3) is 0 Å². The van der Waals surface area contributed by atoms with E-state index in [0.717, 1.165) is 16.6 Å². The van der Waals surface area contributed by atoms with Gasteiger partial charge in [0, 0.05) is 11.1 Å². The summed E-state index contributed by atoms with van der Waals surface area (Å²) in [7, 11) is 0. The van der Waals surface area contributed by atoms with Gasteiger partial charge in [-0.1, -0.05) is 36.4 Å². The molecule has 90 valence electrons. The Labute approximate surface area is 110 Å². The van der Waals surface area contributed by atoms with Crippen LogP contribution in [0.5, 0.6) is 0 Å². The van der Waals surface area contributed by atoms with Gasteiger partial charge >= 0.3 is 0 Å². The molecule has 0 amide bonds. The highest BCUT2D eigenvalue weighted by molar-refractivity contribution is 5.94. The fourth-order valence-corrected chi connectivity index (χ4v) is 1.92. The van der Waals surface area contributed by atoms with Crippen LogP contribution in [-0.2, 0) is 0 Å². The van der Waals surface area contributed by atoms with E-state index in [0.29, 0.717) is 11.4 Å². The molecule has 1 heterocycles. The number of nitrogens with one attached hydrogen (secondary N) is 1. The zero-order valence-electron chi connectivity index (χ0n) is 10.0. The first kappa shape index (κ1) is 11.2. The van der Waals surface area contributed by atoms with Crippen molar-refractivity contribution in [3.8, 4) is 6.07 Å². The van der Waals surface area contributed by atoms with Gasteiger partial charge in [-0.05, 0) is 18.2 Å². The second-order valence-corrected chi connectivity index (χ2v) is 4.04. The monoisotopic (exact) mass is 246 g/mol. The summed E-state index contributed by atoms with van der Waals surface area (Å²) in [4.78, 5) is 0. The summed E-state index contributed by atoms with van der Waals surface area (Å²) in [6.45, 7) is 0. The summed E-state index contributed by atoms with van der Waals surface area (Å²) in [5, 5.41) is 21.3. The molecule has 19 heavy (non-hydrogen) atoms. The zero-order valence-corrected chi connectivity index (χ0v) is 10.0. The number of benzene rings is 2. The van der Waals surface area contributed by atoms with Crippen molar-refractivity contribution < 1.29 is 0 Å². The van der Waals surface area contributed by atoms with Crippen LogP contribution in [-0.4, -0.2) is 10.2 Å². The Hall–Kier alpha value is -2.93. The van der Waals surface area contributed by atoms with E-state index < -0.39 is 0 Å². The average Bonchev–Trinajstić information content (AvgIpc) is 2.49. The van der Waals surface area contributed by atoms with Crippen molar-refractivity contribution in [1.29, 1.82) is 5.26 Å². The van der Waals surface area contributed by atoms with Crippen LogP contribution >= 0.6 is 0 Å². The second kappa shape index (κ2) is 4.75. The van der Waals surface area contributed by atoms with E-state index in [1.807, 2.05) is 54.6 Å². The first-order chi connectivity index (χ1) is 9.38. The Kier molecular flexibility index (Phi) is 2.79. The molecule has 0 atom stereocenters. The SMILES string of the molecule is N#Cc1nnc2ccccc2c1Nc1ccccc1. The van der Waals surface area contributed by atoms with Gasteiger partial charge in [0.2, 0.25) is 0 Å². The minimum Gasteiger partial charge on any atom is -0.353 e. The predicted octanol–water partition coefficient (Wildman–Crippen LogP) is 3.25. The van der Waals surface area contributed by atoms with E-state index in [4.69, 9.17) is 5.26 Å². The van der Waals surface area contributed by atoms with Crippen molar-refractivity contribution in [2.75, 3.05) is 5.32 Å². The van der Waals surface area contributed by atoms with Crippen molar-refractivity contribution in [2.45, 2.75) is 0 Å². The molecule has 0 unspecified atom stereocenters. The molecule has 4 nitrogen and oxygen atoms in total. The van der Waals surface area contributed by atoms with Crippen LogP contribution in [0, 0.1) is 11.3 Å². The Morgan fingerprint density at radius 2 is 1.63 bits per heavy atom. The lowest BCUT2D eigenvalue weighted by atomic mass is 10.1. The number of rotatable bonds is 2. The summed E-state index contributed by atoms with van der Waals surface area (Å²) in [6, 6.07) is 19.4. The van der Waals surface area contributed by atoms with Crippen LogP contribution in [0.2, 0.25) is 0 Å². The van der Waals surface area contributed by atoms with E-state index >= 15 is 0 Å². The maximum atomic E-state index is 9.16. The van der Waals surface area contributed by atoms with Crippen LogP contribution in [0.15, 0.2) is 54.6 Å². The third-order valence-electron chi connectivity index (χ3n) is 2.82. The number of para-hydroxylation sites is 1. The van der Waals surface area contributed by atoms with E-state index in [2.05, 4.69) is 21.6 Å². The molecule has 3 rings (SSSR count). The van der Waals surface area contributed by atoms with Gasteiger partial charge in [-0.25, -0.2) is 0 Å². The molecule has 0 aliphatic carbocycles. The number of fused-ring (bicyclic) bond motifs is 1. The number of hydrogen-bond donors (Lipinski definition) is 1. The molecule has 2 aromatic carbocycles. The van der Waals surface area contributed by atoms with Gasteiger partial charge in [0.05, 0.1) is 11.2 Å². The lowest BCUT2D eigenvalue weighted by molar-refractivity contribution is 1.05. The maximum Gasteiger partial charge on any atom is 0.187 e. The molecule has 0 aliphatic heterocycles. The Morgan fingerprint density at radius 1 is 0.895 bits per heavy atom. The van der Waals surface area contributed by atoms with Gasteiger partial charge in [0.15, 0.2) is 5.69 Å². The summed E-state index contributed by atoms with van der Waals surface area (Å²) in [5.74, 6) is 0. The number of nitrogens with zero attached hydrogens (tertiary/aromatic N) is 3. The lowest BCUT2D eigenvalue weighted by Crippen LogP contribution is -1.99. The minimum atomic E-state index is 0.294. The smallest absolute Gasteiger partial charge is 0.187 e. The molecule has 1 aromatic heterocycles. The fourth-order valence-electron chi connectivity index (χ4n) is 1.92. The van der Waals surface area contributed by atoms with Crippen molar-refractivity contribution in [3.05, 3.63) is 60.3 Å². The Bertz CT molecular complexity index is 760. The van der Waals surface area contributed by atoms with E-state index in [1.54, 1.807) is 0 Å². The van der Waals surface area contributed by atoms with Gasteiger partial charge in [0.1, 0.15) is 6.07 Å². The van der Waals surface area contributed by atoms with E-state index in [1.165, 1.54) is 0 Å². The highest BCUT2D eigenvalue weighted by Crippen LogP contribution is 2.26. The number of hydrogen-bond acceptors (Lipinski definition) is 4. The third-order valence-corrected chi connectivity index (χ3v) is 2.82. The number of anilines is 2. The van der Waals surface area contributed by atoms with Crippen molar-refractivity contribution >= 4 is 22.3 Å². The average molecular weight is 246 g/mol. The molecule has 4 heteroatoms. The summed E-state index contributed by atoms with van der Waals surface area (Å²) in [6.07, 6.45) is 0. The highest BCUT2D eigenvalue weighted by atomic mass is 15.1. The standard InChI is InChI=1S/C15H10N4/c16-10-14-15(17-11-6-2-1-3-7-11)12-8-4-5-9-13(12)18-19-14/h1-9H,(H,17,18). The van der Waals surface area contributed by atoms with E-state index in [9.17, 15) is 0 Å². The molecule has 0 saturated heterocycles. The molecule has 0 saturated carbocycles. The van der Waals surface area contributed by atoms with Crippen molar-refractivity contribution in [1.82, 2.24) is 10.2 Å². The molecular weight excluding hydrogens is 236 g/mol. The molecule has 0 radical (unpaired) electrons. The Balaban J connectivity index is 2.18. The van der Waals surface area contributed by atoms with Crippen molar-refractivity contribution in [3.63, 3.8) is 0 Å². The molecular formula is C15H10N4. The molecule has 0 spiro atoms. The largest absolute Gasteiger partial charge is 0.353 e. The quantitative estimate of drug-likeness (QED) is 0.754. The summed E-state index contributed by atoms with van der Waals surface area (Å²) < 4.78 is 0. The van der Waals surface area contributed by atoms with Crippen LogP contribution < -0.4 is 5.32 Å². The molecule has 0 aliphatic rings. The van der Waals surface area contributed by atoms with Gasteiger partial charge < -0.3 is 5.32 Å². The first-order valence-electron chi connectivity index (χ1n) is 5.86. The second-order valence-electron chi connectivity index (χ2n) is 4.04. The molecule has 0 fully saturated rings.